The highest BCUT2D eigenvalue weighted by Gasteiger charge is 2.36. The van der Waals surface area contributed by atoms with E-state index < -0.39 is 11.9 Å². The number of hydrogen-bond donors (Lipinski definition) is 0. The zero-order valence-electron chi connectivity index (χ0n) is 9.58. The number of methoxy groups -OCH3 is 1. The second-order valence-corrected chi connectivity index (χ2v) is 4.74. The molecule has 1 fully saturated rings. The van der Waals surface area contributed by atoms with Gasteiger partial charge in [0.15, 0.2) is 5.78 Å². The van der Waals surface area contributed by atoms with E-state index in [0.29, 0.717) is 10.9 Å². The van der Waals surface area contributed by atoms with Crippen LogP contribution in [-0.2, 0) is 16.0 Å². The van der Waals surface area contributed by atoms with Crippen LogP contribution in [0.25, 0.3) is 0 Å². The highest BCUT2D eigenvalue weighted by Crippen LogP contribution is 2.35. The van der Waals surface area contributed by atoms with E-state index in [9.17, 15) is 9.18 Å². The number of carbonyl (C=O) groups excluding carboxylic acids is 1. The van der Waals surface area contributed by atoms with Gasteiger partial charge in [0.1, 0.15) is 11.9 Å². The van der Waals surface area contributed by atoms with E-state index in [1.165, 1.54) is 19.2 Å². The molecule has 0 bridgehead atoms. The van der Waals surface area contributed by atoms with Crippen molar-refractivity contribution >= 4 is 17.4 Å². The van der Waals surface area contributed by atoms with Crippen LogP contribution in [0.3, 0.4) is 0 Å². The molecule has 2 rings (SSSR count). The Morgan fingerprint density at radius 1 is 1.59 bits per heavy atom. The number of carbonyl (C=O) groups is 1. The molecule has 1 aliphatic rings. The minimum Gasteiger partial charge on any atom is -0.373 e. The van der Waals surface area contributed by atoms with Gasteiger partial charge in [0.05, 0.1) is 0 Å². The largest absolute Gasteiger partial charge is 0.373 e. The second-order valence-electron chi connectivity index (χ2n) is 4.34. The Balaban J connectivity index is 2.12. The van der Waals surface area contributed by atoms with E-state index in [2.05, 4.69) is 0 Å². The highest BCUT2D eigenvalue weighted by molar-refractivity contribution is 6.31. The quantitative estimate of drug-likeness (QED) is 0.810. The van der Waals surface area contributed by atoms with Crippen LogP contribution in [0.15, 0.2) is 18.2 Å². The molecule has 17 heavy (non-hydrogen) atoms. The molecule has 0 amide bonds. The van der Waals surface area contributed by atoms with Crippen molar-refractivity contribution in [2.45, 2.75) is 25.4 Å². The first-order chi connectivity index (χ1) is 8.13. The monoisotopic (exact) mass is 256 g/mol. The molecule has 0 radical (unpaired) electrons. The first-order valence-electron chi connectivity index (χ1n) is 5.62. The lowest BCUT2D eigenvalue weighted by atomic mass is 10.0. The topological polar surface area (TPSA) is 26.3 Å². The lowest BCUT2D eigenvalue weighted by Gasteiger charge is -2.13. The molecule has 0 aromatic heterocycles. The van der Waals surface area contributed by atoms with Gasteiger partial charge < -0.3 is 4.74 Å². The number of ketones is 1. The standard InChI is InChI=1S/C13H14ClFO2/c1-17-13(8-5-6-8)12(16)7-9-10(14)3-2-4-11(9)15/h2-4,8,13H,5-7H2,1H3. The fourth-order valence-electron chi connectivity index (χ4n) is 1.96. The summed E-state index contributed by atoms with van der Waals surface area (Å²) >= 11 is 5.88. The molecule has 4 heteroatoms. The SMILES string of the molecule is COC(C(=O)Cc1c(F)cccc1Cl)C1CC1. The van der Waals surface area contributed by atoms with Crippen LogP contribution in [0.4, 0.5) is 4.39 Å². The van der Waals surface area contributed by atoms with Crippen molar-refractivity contribution in [1.29, 1.82) is 0 Å². The summed E-state index contributed by atoms with van der Waals surface area (Å²) in [6.07, 6.45) is 1.61. The van der Waals surface area contributed by atoms with Gasteiger partial charge >= 0.3 is 0 Å². The molecule has 0 aliphatic heterocycles. The van der Waals surface area contributed by atoms with Crippen molar-refractivity contribution in [3.05, 3.63) is 34.6 Å². The average molecular weight is 257 g/mol. The fraction of sp³-hybridized carbons (Fsp3) is 0.462. The van der Waals surface area contributed by atoms with Gasteiger partial charge in [-0.2, -0.15) is 0 Å². The molecule has 0 saturated heterocycles. The molecule has 1 atom stereocenters. The van der Waals surface area contributed by atoms with Crippen LogP contribution >= 0.6 is 11.6 Å². The number of rotatable bonds is 5. The smallest absolute Gasteiger partial charge is 0.166 e. The Bertz CT molecular complexity index is 409. The van der Waals surface area contributed by atoms with Gasteiger partial charge in [-0.3, -0.25) is 4.79 Å². The van der Waals surface area contributed by atoms with Crippen LogP contribution < -0.4 is 0 Å². The molecule has 1 aromatic carbocycles. The average Bonchev–Trinajstić information content (AvgIpc) is 3.09. The molecule has 1 saturated carbocycles. The zero-order valence-corrected chi connectivity index (χ0v) is 10.3. The van der Waals surface area contributed by atoms with Crippen molar-refractivity contribution in [2.24, 2.45) is 5.92 Å². The maximum absolute atomic E-state index is 13.5. The van der Waals surface area contributed by atoms with Crippen LogP contribution in [0, 0.1) is 11.7 Å². The Labute approximate surface area is 105 Å². The maximum atomic E-state index is 13.5. The normalized spacial score (nSPS) is 16.9. The van der Waals surface area contributed by atoms with Crippen LogP contribution in [-0.4, -0.2) is 19.0 Å². The summed E-state index contributed by atoms with van der Waals surface area (Å²) in [7, 11) is 1.52. The molecular weight excluding hydrogens is 243 g/mol. The second kappa shape index (κ2) is 5.15. The minimum atomic E-state index is -0.434. The van der Waals surface area contributed by atoms with Crippen LogP contribution in [0.1, 0.15) is 18.4 Å². The summed E-state index contributed by atoms with van der Waals surface area (Å²) in [6, 6.07) is 4.43. The Morgan fingerprint density at radius 2 is 2.29 bits per heavy atom. The Morgan fingerprint density at radius 3 is 2.82 bits per heavy atom. The van der Waals surface area contributed by atoms with Crippen molar-refractivity contribution in [2.75, 3.05) is 7.11 Å². The van der Waals surface area contributed by atoms with Crippen LogP contribution in [0.2, 0.25) is 5.02 Å². The van der Waals surface area contributed by atoms with E-state index in [1.54, 1.807) is 6.07 Å². The predicted molar refractivity (Wildman–Crippen MR) is 63.6 cm³/mol. The molecule has 1 aliphatic carbocycles. The molecule has 0 spiro atoms. The number of Topliss-reactive ketones (excluding diaryl/α,β-unsaturated/α-hetero) is 1. The Hall–Kier alpha value is -0.930. The van der Waals surface area contributed by atoms with Crippen LogP contribution in [0.5, 0.6) is 0 Å². The summed E-state index contributed by atoms with van der Waals surface area (Å²) in [6.45, 7) is 0. The van der Waals surface area contributed by atoms with E-state index >= 15 is 0 Å². The molecule has 1 aromatic rings. The fourth-order valence-corrected chi connectivity index (χ4v) is 2.19. The number of halogens is 2. The van der Waals surface area contributed by atoms with Gasteiger partial charge in [-0.25, -0.2) is 4.39 Å². The van der Waals surface area contributed by atoms with Crippen molar-refractivity contribution < 1.29 is 13.9 Å². The third-order valence-corrected chi connectivity index (χ3v) is 3.39. The van der Waals surface area contributed by atoms with Gasteiger partial charge in [-0.05, 0) is 30.9 Å². The number of hydrogen-bond acceptors (Lipinski definition) is 2. The molecular formula is C13H14ClFO2. The summed E-state index contributed by atoms with van der Waals surface area (Å²) in [5.74, 6) is -0.225. The minimum absolute atomic E-state index is 0.000509. The lowest BCUT2D eigenvalue weighted by molar-refractivity contribution is -0.129. The molecule has 0 heterocycles. The Kier molecular flexibility index (Phi) is 3.79. The molecule has 92 valence electrons. The summed E-state index contributed by atoms with van der Waals surface area (Å²) < 4.78 is 18.7. The van der Waals surface area contributed by atoms with E-state index in [1.807, 2.05) is 0 Å². The third kappa shape index (κ3) is 2.85. The van der Waals surface area contributed by atoms with Gasteiger partial charge in [-0.1, -0.05) is 17.7 Å². The van der Waals surface area contributed by atoms with Gasteiger partial charge in [0.2, 0.25) is 0 Å². The highest BCUT2D eigenvalue weighted by atomic mass is 35.5. The third-order valence-electron chi connectivity index (χ3n) is 3.03. The van der Waals surface area contributed by atoms with E-state index in [4.69, 9.17) is 16.3 Å². The number of benzene rings is 1. The first-order valence-corrected chi connectivity index (χ1v) is 5.99. The molecule has 1 unspecified atom stereocenters. The van der Waals surface area contributed by atoms with Gasteiger partial charge in [0, 0.05) is 24.1 Å². The van der Waals surface area contributed by atoms with Gasteiger partial charge in [0.25, 0.3) is 0 Å². The van der Waals surface area contributed by atoms with E-state index in [0.717, 1.165) is 12.8 Å². The first kappa shape index (κ1) is 12.5. The maximum Gasteiger partial charge on any atom is 0.166 e. The zero-order chi connectivity index (χ0) is 12.4. The summed E-state index contributed by atoms with van der Waals surface area (Å²) in [5.41, 5.74) is 0.266. The molecule has 2 nitrogen and oxygen atoms in total. The summed E-state index contributed by atoms with van der Waals surface area (Å²) in [4.78, 5) is 12.0. The number of ether oxygens (including phenoxy) is 1. The summed E-state index contributed by atoms with van der Waals surface area (Å²) in [5, 5.41) is 0.295. The van der Waals surface area contributed by atoms with Crippen molar-refractivity contribution in [3.63, 3.8) is 0 Å². The van der Waals surface area contributed by atoms with Gasteiger partial charge in [-0.15, -0.1) is 0 Å². The molecule has 0 N–H and O–H groups in total. The van der Waals surface area contributed by atoms with Crippen molar-refractivity contribution in [3.8, 4) is 0 Å². The lowest BCUT2D eigenvalue weighted by Crippen LogP contribution is -2.27. The van der Waals surface area contributed by atoms with Crippen molar-refractivity contribution in [1.82, 2.24) is 0 Å². The predicted octanol–water partition coefficient (Wildman–Crippen LogP) is 3.02. The van der Waals surface area contributed by atoms with E-state index in [-0.39, 0.29) is 17.8 Å².